The quantitative estimate of drug-likeness (QED) is 0.440. The molecule has 0 amide bonds. The number of hydrogen-bond donors (Lipinski definition) is 2. The lowest BCUT2D eigenvalue weighted by Crippen LogP contribution is -2.01. The van der Waals surface area contributed by atoms with Gasteiger partial charge in [0.15, 0.2) is 0 Å². The molecule has 0 aliphatic carbocycles. The van der Waals surface area contributed by atoms with E-state index >= 15 is 0 Å². The van der Waals surface area contributed by atoms with Gasteiger partial charge in [0, 0.05) is 6.08 Å². The van der Waals surface area contributed by atoms with Crippen molar-refractivity contribution < 1.29 is 22.9 Å². The van der Waals surface area contributed by atoms with Gasteiger partial charge in [0.25, 0.3) is 10.1 Å². The third kappa shape index (κ3) is 3.21. The fourth-order valence-corrected chi connectivity index (χ4v) is 0.498. The Balaban J connectivity index is 4.70. The summed E-state index contributed by atoms with van der Waals surface area (Å²) in [7, 11) is -4.32. The molecule has 6 heteroatoms. The number of hydrogen-bond acceptors (Lipinski definition) is 3. The maximum absolute atomic E-state index is 10.1. The fraction of sp³-hybridized carbons (Fsp3) is 0.250. The molecule has 5 nitrogen and oxygen atoms in total. The molecule has 0 atom stereocenters. The van der Waals surface area contributed by atoms with Crippen molar-refractivity contribution in [3.63, 3.8) is 0 Å². The van der Waals surface area contributed by atoms with Crippen LogP contribution in [0.1, 0.15) is 6.92 Å². The summed E-state index contributed by atoms with van der Waals surface area (Å²) < 4.78 is 28.4. The van der Waals surface area contributed by atoms with E-state index in [9.17, 15) is 13.2 Å². The Morgan fingerprint density at radius 3 is 2.00 bits per heavy atom. The van der Waals surface area contributed by atoms with Crippen LogP contribution in [0.4, 0.5) is 0 Å². The summed E-state index contributed by atoms with van der Waals surface area (Å²) in [5.74, 6) is -1.41. The lowest BCUT2D eigenvalue weighted by molar-refractivity contribution is -0.131. The van der Waals surface area contributed by atoms with E-state index in [2.05, 4.69) is 0 Å². The van der Waals surface area contributed by atoms with E-state index in [1.54, 1.807) is 0 Å². The Labute approximate surface area is 57.7 Å². The minimum absolute atomic E-state index is 0.412. The van der Waals surface area contributed by atoms with Crippen LogP contribution in [0, 0.1) is 0 Å². The number of rotatable bonds is 2. The van der Waals surface area contributed by atoms with Crippen LogP contribution in [0.2, 0.25) is 0 Å². The van der Waals surface area contributed by atoms with Crippen LogP contribution < -0.4 is 0 Å². The van der Waals surface area contributed by atoms with Crippen LogP contribution in [-0.4, -0.2) is 24.0 Å². The normalized spacial score (nSPS) is 13.2. The third-order valence-electron chi connectivity index (χ3n) is 0.734. The topological polar surface area (TPSA) is 91.7 Å². The zero-order chi connectivity index (χ0) is 8.36. The first-order valence-electron chi connectivity index (χ1n) is 2.23. The number of carbonyl (C=O) groups is 1. The maximum atomic E-state index is 10.1. The Morgan fingerprint density at radius 1 is 1.50 bits per heavy atom. The molecule has 0 radical (unpaired) electrons. The van der Waals surface area contributed by atoms with Crippen LogP contribution in [0.25, 0.3) is 0 Å². The van der Waals surface area contributed by atoms with Gasteiger partial charge in [-0.05, 0) is 6.92 Å². The largest absolute Gasteiger partial charge is 0.478 e. The molecule has 0 aliphatic heterocycles. The average molecular weight is 166 g/mol. The van der Waals surface area contributed by atoms with Crippen molar-refractivity contribution in [3.05, 3.63) is 11.0 Å². The van der Waals surface area contributed by atoms with Gasteiger partial charge in [0.2, 0.25) is 0 Å². The van der Waals surface area contributed by atoms with E-state index in [0.29, 0.717) is 6.08 Å². The first-order chi connectivity index (χ1) is 4.34. The Kier molecular flexibility index (Phi) is 2.56. The standard InChI is InChI=1S/C4H6O5S/c1-3(2-4(5)6)10(7,8)9/h2H,1H3,(H,5,6)(H,7,8,9)/b3-2-. The first kappa shape index (κ1) is 9.12. The molecule has 0 unspecified atom stereocenters. The zero-order valence-corrected chi connectivity index (χ0v) is 5.92. The van der Waals surface area contributed by atoms with Gasteiger partial charge in [-0.15, -0.1) is 0 Å². The van der Waals surface area contributed by atoms with Gasteiger partial charge in [0.1, 0.15) is 0 Å². The molecule has 0 spiro atoms. The monoisotopic (exact) mass is 166 g/mol. The molecule has 0 saturated heterocycles. The molecular formula is C4H6O5S. The van der Waals surface area contributed by atoms with Crippen molar-refractivity contribution >= 4 is 16.1 Å². The molecule has 0 bridgehead atoms. The molecule has 0 saturated carbocycles. The lowest BCUT2D eigenvalue weighted by atomic mass is 10.5. The van der Waals surface area contributed by atoms with Crippen LogP contribution in [0.5, 0.6) is 0 Å². The van der Waals surface area contributed by atoms with E-state index in [1.165, 1.54) is 0 Å². The number of carboxylic acid groups (broad SMARTS) is 1. The molecule has 58 valence electrons. The highest BCUT2D eigenvalue weighted by molar-refractivity contribution is 7.89. The van der Waals surface area contributed by atoms with E-state index < -0.39 is 21.0 Å². The van der Waals surface area contributed by atoms with Gasteiger partial charge < -0.3 is 5.11 Å². The second-order valence-electron chi connectivity index (χ2n) is 1.57. The third-order valence-corrected chi connectivity index (χ3v) is 1.67. The van der Waals surface area contributed by atoms with Gasteiger partial charge >= 0.3 is 5.97 Å². The van der Waals surface area contributed by atoms with Crippen molar-refractivity contribution in [1.82, 2.24) is 0 Å². The molecule has 0 aromatic carbocycles. The summed E-state index contributed by atoms with van der Waals surface area (Å²) >= 11 is 0. The lowest BCUT2D eigenvalue weighted by Gasteiger charge is -1.90. The van der Waals surface area contributed by atoms with Gasteiger partial charge in [0.05, 0.1) is 4.91 Å². The Bertz CT molecular complexity index is 259. The highest BCUT2D eigenvalue weighted by Crippen LogP contribution is 2.00. The summed E-state index contributed by atoms with van der Waals surface area (Å²) in [4.78, 5) is 9.22. The number of allylic oxidation sites excluding steroid dienone is 1. The molecule has 0 aliphatic rings. The first-order valence-corrected chi connectivity index (χ1v) is 3.67. The molecule has 0 fully saturated rings. The predicted molar refractivity (Wildman–Crippen MR) is 32.9 cm³/mol. The van der Waals surface area contributed by atoms with Crippen LogP contribution in [0.15, 0.2) is 11.0 Å². The minimum Gasteiger partial charge on any atom is -0.478 e. The van der Waals surface area contributed by atoms with Crippen LogP contribution >= 0.6 is 0 Å². The van der Waals surface area contributed by atoms with Crippen molar-refractivity contribution in [3.8, 4) is 0 Å². The summed E-state index contributed by atoms with van der Waals surface area (Å²) in [5, 5.41) is 8.00. The Hall–Kier alpha value is -0.880. The smallest absolute Gasteiger partial charge is 0.329 e. The molecule has 10 heavy (non-hydrogen) atoms. The van der Waals surface area contributed by atoms with Gasteiger partial charge in [-0.3, -0.25) is 4.55 Å². The second kappa shape index (κ2) is 2.80. The molecule has 0 rings (SSSR count). The summed E-state index contributed by atoms with van der Waals surface area (Å²) in [5.41, 5.74) is 0. The van der Waals surface area contributed by atoms with E-state index in [-0.39, 0.29) is 0 Å². The Morgan fingerprint density at radius 2 is 1.90 bits per heavy atom. The molecule has 2 N–H and O–H groups in total. The highest BCUT2D eigenvalue weighted by Gasteiger charge is 2.08. The van der Waals surface area contributed by atoms with Crippen molar-refractivity contribution in [1.29, 1.82) is 0 Å². The number of aliphatic carboxylic acids is 1. The van der Waals surface area contributed by atoms with E-state index in [1.807, 2.05) is 0 Å². The second-order valence-corrected chi connectivity index (χ2v) is 3.16. The van der Waals surface area contributed by atoms with Crippen molar-refractivity contribution in [2.45, 2.75) is 6.92 Å². The zero-order valence-electron chi connectivity index (χ0n) is 5.10. The molecule has 0 heterocycles. The van der Waals surface area contributed by atoms with Gasteiger partial charge in [-0.1, -0.05) is 0 Å². The van der Waals surface area contributed by atoms with Crippen LogP contribution in [-0.2, 0) is 14.9 Å². The van der Waals surface area contributed by atoms with Crippen LogP contribution in [0.3, 0.4) is 0 Å². The van der Waals surface area contributed by atoms with Gasteiger partial charge in [-0.2, -0.15) is 8.42 Å². The van der Waals surface area contributed by atoms with E-state index in [0.717, 1.165) is 6.92 Å². The molecule has 0 aromatic heterocycles. The van der Waals surface area contributed by atoms with Crippen molar-refractivity contribution in [2.24, 2.45) is 0 Å². The molecular weight excluding hydrogens is 160 g/mol. The summed E-state index contributed by atoms with van der Waals surface area (Å²) in [6.45, 7) is 0.990. The summed E-state index contributed by atoms with van der Waals surface area (Å²) in [6, 6.07) is 0. The minimum atomic E-state index is -4.32. The average Bonchev–Trinajstić information content (AvgIpc) is 1.60. The maximum Gasteiger partial charge on any atom is 0.329 e. The number of carboxylic acids is 1. The predicted octanol–water partition coefficient (Wildman–Crippen LogP) is -0.137. The molecule has 0 aromatic rings. The van der Waals surface area contributed by atoms with Crippen molar-refractivity contribution in [2.75, 3.05) is 0 Å². The fourth-order valence-electron chi connectivity index (χ4n) is 0.248. The van der Waals surface area contributed by atoms with E-state index in [4.69, 9.17) is 9.66 Å². The SMILES string of the molecule is C/C(=C/C(=O)O)S(=O)(=O)O. The van der Waals surface area contributed by atoms with Gasteiger partial charge in [-0.25, -0.2) is 4.79 Å². The highest BCUT2D eigenvalue weighted by atomic mass is 32.2. The summed E-state index contributed by atoms with van der Waals surface area (Å²) in [6.07, 6.45) is 0.412.